The van der Waals surface area contributed by atoms with Crippen LogP contribution in [-0.4, -0.2) is 56.0 Å². The molecule has 1 N–H and O–H groups in total. The molecule has 3 aromatic rings. The van der Waals surface area contributed by atoms with Gasteiger partial charge in [-0.15, -0.1) is 0 Å². The number of nitrogens with zero attached hydrogens (tertiary/aromatic N) is 3. The molecule has 1 amide bonds. The molecule has 0 unspecified atom stereocenters. The Morgan fingerprint density at radius 3 is 2.69 bits per heavy atom. The lowest BCUT2D eigenvalue weighted by molar-refractivity contribution is 0.0941. The van der Waals surface area contributed by atoms with Crippen molar-refractivity contribution >= 4 is 32.5 Å². The number of anilines is 1. The number of benzene rings is 2. The van der Waals surface area contributed by atoms with E-state index in [1.165, 1.54) is 27.4 Å². The number of aryl methyl sites for hydroxylation is 1. The molecule has 184 valence electrons. The minimum absolute atomic E-state index is 0.0614. The van der Waals surface area contributed by atoms with Gasteiger partial charge in [0.15, 0.2) is 0 Å². The fraction of sp³-hybridized carbons (Fsp3) is 0.407. The molecule has 35 heavy (non-hydrogen) atoms. The van der Waals surface area contributed by atoms with Gasteiger partial charge in [-0.2, -0.15) is 0 Å². The first-order valence-corrected chi connectivity index (χ1v) is 14.2. The van der Waals surface area contributed by atoms with Crippen LogP contribution in [-0.2, 0) is 23.0 Å². The molecule has 2 aliphatic heterocycles. The number of hydrogen-bond donors (Lipinski definition) is 1. The Kier molecular flexibility index (Phi) is 6.75. The summed E-state index contributed by atoms with van der Waals surface area (Å²) in [6.07, 6.45) is 6.66. The molecular weight excluding hydrogens is 460 g/mol. The van der Waals surface area contributed by atoms with Crippen molar-refractivity contribution in [1.29, 1.82) is 0 Å². The van der Waals surface area contributed by atoms with E-state index in [-0.39, 0.29) is 5.91 Å². The van der Waals surface area contributed by atoms with Gasteiger partial charge in [-0.25, -0.2) is 12.7 Å². The fourth-order valence-corrected chi connectivity index (χ4v) is 6.14. The lowest BCUT2D eigenvalue weighted by atomic mass is 9.97. The van der Waals surface area contributed by atoms with Crippen LogP contribution in [0.1, 0.15) is 40.7 Å². The molecule has 0 spiro atoms. The van der Waals surface area contributed by atoms with Crippen LogP contribution in [0, 0.1) is 5.92 Å². The van der Waals surface area contributed by atoms with E-state index >= 15 is 0 Å². The smallest absolute Gasteiger partial charge is 0.251 e. The van der Waals surface area contributed by atoms with Gasteiger partial charge < -0.3 is 10.2 Å². The molecule has 1 fully saturated rings. The highest BCUT2D eigenvalue weighted by molar-refractivity contribution is 7.88. The molecule has 3 heterocycles. The molecule has 0 saturated carbocycles. The zero-order valence-corrected chi connectivity index (χ0v) is 20.9. The molecular formula is C27H32N4O3S. The number of carbonyl (C=O) groups excluding carboxylic acids is 1. The summed E-state index contributed by atoms with van der Waals surface area (Å²) in [5, 5.41) is 4.22. The molecule has 0 aliphatic carbocycles. The molecule has 8 heteroatoms. The van der Waals surface area contributed by atoms with Gasteiger partial charge in [-0.3, -0.25) is 9.78 Å². The number of nitrogens with one attached hydrogen (secondary N) is 1. The molecule has 0 radical (unpaired) electrons. The molecule has 0 atom stereocenters. The molecule has 1 saturated heterocycles. The van der Waals surface area contributed by atoms with Gasteiger partial charge in [0.1, 0.15) is 0 Å². The standard InChI is InChI=1S/C27H32N4O3S/c1-35(33,34)31-15-11-20(12-16-31)18-29-27(32)23-9-10-25-22(17-23)8-4-14-30(25)19-24-6-2-5-21-7-3-13-28-26(21)24/h2-3,5-7,9-10,13,17,20H,4,8,11-12,14-16,18-19H2,1H3,(H,29,32). The molecule has 0 bridgehead atoms. The quantitative estimate of drug-likeness (QED) is 0.569. The summed E-state index contributed by atoms with van der Waals surface area (Å²) in [6, 6.07) is 16.4. The Labute approximate surface area is 207 Å². The van der Waals surface area contributed by atoms with E-state index in [4.69, 9.17) is 0 Å². The molecule has 7 nitrogen and oxygen atoms in total. The highest BCUT2D eigenvalue weighted by Gasteiger charge is 2.25. The Hall–Kier alpha value is -2.97. The average Bonchev–Trinajstić information content (AvgIpc) is 2.87. The van der Waals surface area contributed by atoms with E-state index in [1.807, 2.05) is 24.4 Å². The summed E-state index contributed by atoms with van der Waals surface area (Å²) in [6.45, 7) is 3.40. The predicted molar refractivity (Wildman–Crippen MR) is 139 cm³/mol. The maximum atomic E-state index is 12.9. The van der Waals surface area contributed by atoms with Crippen LogP contribution in [0.5, 0.6) is 0 Å². The van der Waals surface area contributed by atoms with Crippen molar-refractivity contribution in [2.24, 2.45) is 5.92 Å². The Morgan fingerprint density at radius 1 is 1.09 bits per heavy atom. The van der Waals surface area contributed by atoms with Crippen LogP contribution in [0.25, 0.3) is 10.9 Å². The van der Waals surface area contributed by atoms with Crippen molar-refractivity contribution in [3.05, 3.63) is 71.4 Å². The maximum Gasteiger partial charge on any atom is 0.251 e. The third-order valence-electron chi connectivity index (χ3n) is 7.23. The lowest BCUT2D eigenvalue weighted by Crippen LogP contribution is -2.41. The van der Waals surface area contributed by atoms with Gasteiger partial charge >= 0.3 is 0 Å². The summed E-state index contributed by atoms with van der Waals surface area (Å²) in [4.78, 5) is 19.9. The molecule has 2 aliphatic rings. The predicted octanol–water partition coefficient (Wildman–Crippen LogP) is 3.59. The summed E-state index contributed by atoms with van der Waals surface area (Å²) in [5.41, 5.74) is 5.33. The largest absolute Gasteiger partial charge is 0.367 e. The minimum Gasteiger partial charge on any atom is -0.367 e. The van der Waals surface area contributed by atoms with Crippen LogP contribution in [0.3, 0.4) is 0 Å². The van der Waals surface area contributed by atoms with Gasteiger partial charge in [0.25, 0.3) is 5.91 Å². The van der Waals surface area contributed by atoms with Crippen LogP contribution >= 0.6 is 0 Å². The first-order chi connectivity index (χ1) is 16.9. The average molecular weight is 493 g/mol. The number of rotatable bonds is 6. The van der Waals surface area contributed by atoms with Gasteiger partial charge in [0, 0.05) is 55.6 Å². The van der Waals surface area contributed by atoms with E-state index in [0.29, 0.717) is 31.1 Å². The highest BCUT2D eigenvalue weighted by atomic mass is 32.2. The summed E-state index contributed by atoms with van der Waals surface area (Å²) in [7, 11) is -3.13. The second-order valence-corrected chi connectivity index (χ2v) is 11.7. The Bertz CT molecular complexity index is 1330. The number of sulfonamides is 1. The van der Waals surface area contributed by atoms with Crippen molar-refractivity contribution in [2.75, 3.05) is 37.3 Å². The zero-order chi connectivity index (χ0) is 24.4. The normalized spacial score (nSPS) is 17.3. The second kappa shape index (κ2) is 9.95. The van der Waals surface area contributed by atoms with Crippen molar-refractivity contribution in [1.82, 2.24) is 14.6 Å². The van der Waals surface area contributed by atoms with E-state index in [9.17, 15) is 13.2 Å². The first kappa shape index (κ1) is 23.8. The molecule has 2 aromatic carbocycles. The number of fused-ring (bicyclic) bond motifs is 2. The SMILES string of the molecule is CS(=O)(=O)N1CCC(CNC(=O)c2ccc3c(c2)CCCN3Cc2cccc3cccnc23)CC1. The molecule has 1 aromatic heterocycles. The number of aromatic nitrogens is 1. The zero-order valence-electron chi connectivity index (χ0n) is 20.1. The van der Waals surface area contributed by atoms with Crippen LogP contribution in [0.4, 0.5) is 5.69 Å². The summed E-state index contributed by atoms with van der Waals surface area (Å²) >= 11 is 0. The summed E-state index contributed by atoms with van der Waals surface area (Å²) < 4.78 is 24.9. The van der Waals surface area contributed by atoms with E-state index in [2.05, 4.69) is 45.5 Å². The number of para-hydroxylation sites is 1. The fourth-order valence-electron chi connectivity index (χ4n) is 5.27. The Morgan fingerprint density at radius 2 is 1.89 bits per heavy atom. The minimum atomic E-state index is -3.13. The topological polar surface area (TPSA) is 82.6 Å². The highest BCUT2D eigenvalue weighted by Crippen LogP contribution is 2.30. The Balaban J connectivity index is 1.23. The van der Waals surface area contributed by atoms with Crippen molar-refractivity contribution in [3.8, 4) is 0 Å². The second-order valence-electron chi connectivity index (χ2n) is 9.68. The van der Waals surface area contributed by atoms with Crippen LogP contribution in [0.15, 0.2) is 54.7 Å². The van der Waals surface area contributed by atoms with Crippen LogP contribution < -0.4 is 10.2 Å². The van der Waals surface area contributed by atoms with Crippen molar-refractivity contribution in [3.63, 3.8) is 0 Å². The number of carbonyl (C=O) groups is 1. The summed E-state index contributed by atoms with van der Waals surface area (Å²) in [5.74, 6) is 0.244. The van der Waals surface area contributed by atoms with E-state index in [1.54, 1.807) is 0 Å². The lowest BCUT2D eigenvalue weighted by Gasteiger charge is -2.32. The number of pyridine rings is 1. The molecule has 5 rings (SSSR count). The van der Waals surface area contributed by atoms with Gasteiger partial charge in [0.2, 0.25) is 10.0 Å². The van der Waals surface area contributed by atoms with E-state index < -0.39 is 10.0 Å². The first-order valence-electron chi connectivity index (χ1n) is 12.3. The maximum absolute atomic E-state index is 12.9. The van der Waals surface area contributed by atoms with Gasteiger partial charge in [-0.1, -0.05) is 24.3 Å². The van der Waals surface area contributed by atoms with E-state index in [0.717, 1.165) is 49.7 Å². The number of amides is 1. The number of piperidine rings is 1. The third-order valence-corrected chi connectivity index (χ3v) is 8.53. The van der Waals surface area contributed by atoms with Gasteiger partial charge in [0.05, 0.1) is 11.8 Å². The van der Waals surface area contributed by atoms with Crippen molar-refractivity contribution < 1.29 is 13.2 Å². The van der Waals surface area contributed by atoms with Gasteiger partial charge in [-0.05, 0) is 67.0 Å². The third kappa shape index (κ3) is 5.33. The monoisotopic (exact) mass is 492 g/mol. The number of hydrogen-bond acceptors (Lipinski definition) is 5. The van der Waals surface area contributed by atoms with Crippen molar-refractivity contribution in [2.45, 2.75) is 32.2 Å². The van der Waals surface area contributed by atoms with Crippen LogP contribution in [0.2, 0.25) is 0 Å².